The summed E-state index contributed by atoms with van der Waals surface area (Å²) in [6, 6.07) is 16.6. The van der Waals surface area contributed by atoms with E-state index in [4.69, 9.17) is 5.26 Å². The summed E-state index contributed by atoms with van der Waals surface area (Å²) in [5.41, 5.74) is 4.97. The Labute approximate surface area is 187 Å². The minimum absolute atomic E-state index is 0.282. The number of rotatable bonds is 7. The summed E-state index contributed by atoms with van der Waals surface area (Å²) in [7, 11) is 0. The van der Waals surface area contributed by atoms with Crippen molar-refractivity contribution in [2.45, 2.75) is 44.4 Å². The number of aliphatic hydroxyl groups is 1. The molecule has 4 atom stereocenters. The molecule has 0 aromatic heterocycles. The molecule has 0 bridgehead atoms. The number of unbranched alkanes of at least 4 members (excludes halogenated alkanes) is 1. The topological polar surface area (TPSA) is 96.7 Å². The van der Waals surface area contributed by atoms with Crippen molar-refractivity contribution >= 4 is 23.2 Å². The Hall–Kier alpha value is -3.47. The molecule has 2 aromatic rings. The fourth-order valence-electron chi connectivity index (χ4n) is 4.31. The summed E-state index contributed by atoms with van der Waals surface area (Å²) in [6.07, 6.45) is 5.25. The Morgan fingerprint density at radius 3 is 2.44 bits per heavy atom. The van der Waals surface area contributed by atoms with E-state index < -0.39 is 24.1 Å². The zero-order valence-corrected chi connectivity index (χ0v) is 17.9. The molecule has 7 heteroatoms. The van der Waals surface area contributed by atoms with Crippen LogP contribution in [0.5, 0.6) is 0 Å². The molecule has 4 unspecified atom stereocenters. The molecule has 0 saturated carbocycles. The molecule has 0 radical (unpaired) electrons. The third-order valence-electron chi connectivity index (χ3n) is 5.99. The lowest BCUT2D eigenvalue weighted by Crippen LogP contribution is -2.57. The van der Waals surface area contributed by atoms with E-state index in [1.165, 1.54) is 4.90 Å². The molecular formula is C25H26N4O3. The van der Waals surface area contributed by atoms with Gasteiger partial charge < -0.3 is 10.5 Å². The lowest BCUT2D eigenvalue weighted by atomic mass is 9.91. The number of fused-ring (bicyclic) bond motifs is 1. The van der Waals surface area contributed by atoms with Crippen LogP contribution >= 0.6 is 0 Å². The van der Waals surface area contributed by atoms with Crippen molar-refractivity contribution < 1.29 is 14.7 Å². The normalized spacial score (nSPS) is 23.7. The highest BCUT2D eigenvalue weighted by Crippen LogP contribution is 2.36. The van der Waals surface area contributed by atoms with Gasteiger partial charge in [0.1, 0.15) is 6.04 Å². The number of anilines is 2. The Morgan fingerprint density at radius 2 is 1.78 bits per heavy atom. The van der Waals surface area contributed by atoms with Crippen molar-refractivity contribution in [1.29, 1.82) is 5.26 Å². The van der Waals surface area contributed by atoms with Gasteiger partial charge in [-0.25, -0.2) is 9.91 Å². The third kappa shape index (κ3) is 4.03. The molecule has 2 N–H and O–H groups in total. The van der Waals surface area contributed by atoms with Crippen LogP contribution in [0.2, 0.25) is 0 Å². The molecule has 0 spiro atoms. The van der Waals surface area contributed by atoms with Crippen molar-refractivity contribution in [2.24, 2.45) is 5.92 Å². The van der Waals surface area contributed by atoms with Crippen LogP contribution in [-0.2, 0) is 9.59 Å². The van der Waals surface area contributed by atoms with E-state index in [1.807, 2.05) is 12.1 Å². The Bertz CT molecular complexity index is 1050. The van der Waals surface area contributed by atoms with E-state index in [-0.39, 0.29) is 11.8 Å². The molecule has 2 aliphatic heterocycles. The lowest BCUT2D eigenvalue weighted by molar-refractivity contribution is -0.123. The van der Waals surface area contributed by atoms with Crippen LogP contribution in [0.3, 0.4) is 0 Å². The summed E-state index contributed by atoms with van der Waals surface area (Å²) < 4.78 is 0. The molecule has 7 nitrogen and oxygen atoms in total. The highest BCUT2D eigenvalue weighted by molar-refractivity contribution is 6.24. The van der Waals surface area contributed by atoms with Crippen molar-refractivity contribution in [2.75, 3.05) is 10.3 Å². The maximum Gasteiger partial charge on any atom is 0.254 e. The molecule has 4 rings (SSSR count). The number of hydrogen-bond donors (Lipinski definition) is 2. The predicted molar refractivity (Wildman–Crippen MR) is 121 cm³/mol. The minimum Gasteiger partial charge on any atom is -0.391 e. The zero-order chi connectivity index (χ0) is 22.7. The van der Waals surface area contributed by atoms with Gasteiger partial charge in [0.05, 0.1) is 35.4 Å². The minimum atomic E-state index is -0.787. The molecule has 2 aromatic carbocycles. The fraction of sp³-hybridized carbons (Fsp3) is 0.320. The number of carbonyl (C=O) groups excluding carboxylic acids is 2. The van der Waals surface area contributed by atoms with Crippen LogP contribution in [-0.4, -0.2) is 40.1 Å². The smallest absolute Gasteiger partial charge is 0.254 e. The average molecular weight is 431 g/mol. The largest absolute Gasteiger partial charge is 0.391 e. The number of imide groups is 1. The summed E-state index contributed by atoms with van der Waals surface area (Å²) in [5.74, 6) is -1.26. The van der Waals surface area contributed by atoms with Crippen LogP contribution in [0.1, 0.15) is 31.7 Å². The molecule has 2 heterocycles. The first-order valence-corrected chi connectivity index (χ1v) is 10.9. The van der Waals surface area contributed by atoms with Crippen LogP contribution in [0.4, 0.5) is 11.4 Å². The van der Waals surface area contributed by atoms with Gasteiger partial charge in [0.15, 0.2) is 0 Å². The second-order valence-electron chi connectivity index (χ2n) is 8.11. The first kappa shape index (κ1) is 21.8. The summed E-state index contributed by atoms with van der Waals surface area (Å²) >= 11 is 0. The molecule has 164 valence electrons. The molecular weight excluding hydrogens is 404 g/mol. The number of nitrogens with one attached hydrogen (secondary N) is 1. The number of hydrazine groups is 1. The van der Waals surface area contributed by atoms with Gasteiger partial charge in [-0.05, 0) is 42.8 Å². The van der Waals surface area contributed by atoms with Gasteiger partial charge in [-0.3, -0.25) is 9.59 Å². The average Bonchev–Trinajstić information content (AvgIpc) is 3.08. The maximum atomic E-state index is 13.5. The first-order valence-electron chi connectivity index (χ1n) is 10.9. The van der Waals surface area contributed by atoms with Gasteiger partial charge in [0.2, 0.25) is 5.91 Å². The van der Waals surface area contributed by atoms with E-state index in [0.717, 1.165) is 12.8 Å². The van der Waals surface area contributed by atoms with Crippen molar-refractivity contribution in [1.82, 2.24) is 5.01 Å². The fourth-order valence-corrected chi connectivity index (χ4v) is 4.31. The molecule has 2 amide bonds. The predicted octanol–water partition coefficient (Wildman–Crippen LogP) is 3.23. The molecule has 1 fully saturated rings. The number of nitrogens with zero attached hydrogens (tertiary/aromatic N) is 3. The number of benzene rings is 2. The second-order valence-corrected chi connectivity index (χ2v) is 8.11. The van der Waals surface area contributed by atoms with Gasteiger partial charge >= 0.3 is 0 Å². The van der Waals surface area contributed by atoms with Crippen molar-refractivity contribution in [3.8, 4) is 6.07 Å². The first-order chi connectivity index (χ1) is 15.5. The van der Waals surface area contributed by atoms with Crippen molar-refractivity contribution in [3.05, 3.63) is 72.3 Å². The number of amides is 2. The summed E-state index contributed by atoms with van der Waals surface area (Å²) in [5, 5.41) is 21.7. The van der Waals surface area contributed by atoms with E-state index in [2.05, 4.69) is 18.4 Å². The van der Waals surface area contributed by atoms with Gasteiger partial charge in [-0.15, -0.1) is 0 Å². The van der Waals surface area contributed by atoms with Gasteiger partial charge in [0, 0.05) is 5.69 Å². The van der Waals surface area contributed by atoms with Crippen molar-refractivity contribution in [3.63, 3.8) is 0 Å². The monoisotopic (exact) mass is 430 g/mol. The molecule has 2 aliphatic rings. The number of aliphatic hydroxyl groups excluding tert-OH is 1. The Kier molecular flexibility index (Phi) is 6.35. The maximum absolute atomic E-state index is 13.5. The zero-order valence-electron chi connectivity index (χ0n) is 17.9. The number of para-hydroxylation sites is 1. The van der Waals surface area contributed by atoms with Gasteiger partial charge in [-0.2, -0.15) is 5.26 Å². The lowest BCUT2D eigenvalue weighted by Gasteiger charge is -2.40. The van der Waals surface area contributed by atoms with E-state index in [0.29, 0.717) is 23.4 Å². The van der Waals surface area contributed by atoms with Crippen LogP contribution in [0, 0.1) is 17.2 Å². The van der Waals surface area contributed by atoms with E-state index in [9.17, 15) is 14.7 Å². The Balaban J connectivity index is 1.69. The number of hydrogen-bond acceptors (Lipinski definition) is 6. The van der Waals surface area contributed by atoms with Crippen LogP contribution in [0.25, 0.3) is 0 Å². The number of nitriles is 1. The van der Waals surface area contributed by atoms with Crippen LogP contribution in [0.15, 0.2) is 66.7 Å². The third-order valence-corrected chi connectivity index (χ3v) is 5.99. The standard InChI is InChI=1S/C25H26N4O3/c1-2-3-9-22(30)21-15-14-20-23(29(21)27-18-12-10-17(16-26)11-13-18)25(32)28(24(20)31)19-7-5-4-6-8-19/h4-8,10-15,20-23,27,30H,2-3,9H2,1H3. The van der Waals surface area contributed by atoms with Gasteiger partial charge in [0.25, 0.3) is 5.91 Å². The van der Waals surface area contributed by atoms with Crippen LogP contribution < -0.4 is 10.3 Å². The molecule has 1 saturated heterocycles. The Morgan fingerprint density at radius 1 is 1.06 bits per heavy atom. The van der Waals surface area contributed by atoms with E-state index in [1.54, 1.807) is 59.6 Å². The highest BCUT2D eigenvalue weighted by Gasteiger charge is 2.53. The summed E-state index contributed by atoms with van der Waals surface area (Å²) in [4.78, 5) is 27.9. The second kappa shape index (κ2) is 9.35. The SMILES string of the molecule is CCCCC(O)C1C=CC2C(=O)N(c3ccccc3)C(=O)C2N1Nc1ccc(C#N)cc1. The number of carbonyl (C=O) groups is 2. The molecule has 0 aliphatic carbocycles. The van der Waals surface area contributed by atoms with E-state index >= 15 is 0 Å². The highest BCUT2D eigenvalue weighted by atomic mass is 16.3. The molecule has 32 heavy (non-hydrogen) atoms. The summed E-state index contributed by atoms with van der Waals surface area (Å²) in [6.45, 7) is 2.06. The van der Waals surface area contributed by atoms with Gasteiger partial charge in [-0.1, -0.05) is 50.1 Å². The quantitative estimate of drug-likeness (QED) is 0.517.